The number of anilines is 1. The second-order valence-corrected chi connectivity index (χ2v) is 8.62. The molecule has 0 bridgehead atoms. The second-order valence-electron chi connectivity index (χ2n) is 7.04. The van der Waals surface area contributed by atoms with E-state index in [9.17, 15) is 0 Å². The summed E-state index contributed by atoms with van der Waals surface area (Å²) >= 11 is 8.23. The molecule has 0 amide bonds. The molecule has 6 nitrogen and oxygen atoms in total. The van der Waals surface area contributed by atoms with E-state index < -0.39 is 6.16 Å². The third kappa shape index (κ3) is 5.58. The average Bonchev–Trinajstić information content (AvgIpc) is 3.01. The van der Waals surface area contributed by atoms with Crippen LogP contribution in [0.4, 0.5) is 10.6 Å². The molecule has 1 aromatic carbocycles. The van der Waals surface area contributed by atoms with Crippen LogP contribution in [0.2, 0.25) is 5.02 Å². The fourth-order valence-electron chi connectivity index (χ4n) is 3.55. The first-order valence-electron chi connectivity index (χ1n) is 9.62. The van der Waals surface area contributed by atoms with Crippen LogP contribution in [0.3, 0.4) is 0 Å². The van der Waals surface area contributed by atoms with Crippen molar-refractivity contribution in [3.05, 3.63) is 51.6 Å². The molecule has 2 aromatic heterocycles. The minimum atomic E-state index is -1.83. The Morgan fingerprint density at radius 2 is 1.83 bits per heavy atom. The van der Waals surface area contributed by atoms with Crippen molar-refractivity contribution in [2.45, 2.75) is 51.5 Å². The van der Waals surface area contributed by atoms with Crippen LogP contribution < -0.4 is 5.32 Å². The molecule has 1 aliphatic rings. The zero-order valence-corrected chi connectivity index (χ0v) is 17.8. The van der Waals surface area contributed by atoms with Crippen LogP contribution in [-0.2, 0) is 6.54 Å². The smallest absolute Gasteiger partial charge is 0.450 e. The Kier molecular flexibility index (Phi) is 7.28. The van der Waals surface area contributed by atoms with E-state index >= 15 is 0 Å². The Morgan fingerprint density at radius 1 is 1.17 bits per heavy atom. The Morgan fingerprint density at radius 3 is 2.48 bits per heavy atom. The number of nitrogens with zero attached hydrogens (tertiary/aromatic N) is 2. The van der Waals surface area contributed by atoms with Crippen molar-refractivity contribution >= 4 is 45.1 Å². The van der Waals surface area contributed by atoms with Crippen LogP contribution in [0.1, 0.15) is 54.3 Å². The largest absolute Gasteiger partial charge is 0.503 e. The highest BCUT2D eigenvalue weighted by Crippen LogP contribution is 2.40. The van der Waals surface area contributed by atoms with Crippen LogP contribution in [0.5, 0.6) is 0 Å². The molecule has 0 aliphatic heterocycles. The van der Waals surface area contributed by atoms with E-state index in [0.29, 0.717) is 5.92 Å². The Hall–Kier alpha value is -2.38. The molecule has 0 atom stereocenters. The number of carboxylic acid groups (broad SMARTS) is 2. The fraction of sp³-hybridized carbons (Fsp3) is 0.381. The number of aromatic nitrogens is 2. The van der Waals surface area contributed by atoms with Gasteiger partial charge in [-0.3, -0.25) is 0 Å². The van der Waals surface area contributed by atoms with E-state index in [1.54, 1.807) is 11.3 Å². The van der Waals surface area contributed by atoms with Gasteiger partial charge in [-0.05, 0) is 25.3 Å². The summed E-state index contributed by atoms with van der Waals surface area (Å²) in [6.07, 6.45) is 4.46. The van der Waals surface area contributed by atoms with Gasteiger partial charge in [-0.1, -0.05) is 61.2 Å². The maximum absolute atomic E-state index is 8.56. The molecule has 29 heavy (non-hydrogen) atoms. The van der Waals surface area contributed by atoms with Crippen molar-refractivity contribution in [2.75, 3.05) is 5.32 Å². The van der Waals surface area contributed by atoms with Crippen molar-refractivity contribution in [1.82, 2.24) is 9.97 Å². The highest BCUT2D eigenvalue weighted by atomic mass is 35.5. The molecule has 154 valence electrons. The first kappa shape index (κ1) is 21.3. The van der Waals surface area contributed by atoms with Crippen molar-refractivity contribution in [3.63, 3.8) is 0 Å². The van der Waals surface area contributed by atoms with Gasteiger partial charge in [0.05, 0.1) is 10.4 Å². The molecule has 1 fully saturated rings. The number of aryl methyl sites for hydroxylation is 1. The van der Waals surface area contributed by atoms with Crippen LogP contribution in [0.15, 0.2) is 30.3 Å². The molecular formula is C21H24ClN3O3S. The molecule has 4 rings (SSSR count). The van der Waals surface area contributed by atoms with Crippen molar-refractivity contribution in [1.29, 1.82) is 0 Å². The molecule has 3 N–H and O–H groups in total. The number of hydrogen-bond acceptors (Lipinski definition) is 5. The fourth-order valence-corrected chi connectivity index (χ4v) is 4.82. The number of thiophene rings is 1. The van der Waals surface area contributed by atoms with E-state index in [-0.39, 0.29) is 0 Å². The summed E-state index contributed by atoms with van der Waals surface area (Å²) in [7, 11) is 0. The third-order valence-electron chi connectivity index (χ3n) is 4.94. The molecule has 0 spiro atoms. The molecular weight excluding hydrogens is 410 g/mol. The van der Waals surface area contributed by atoms with Gasteiger partial charge in [0.15, 0.2) is 0 Å². The van der Waals surface area contributed by atoms with Gasteiger partial charge in [0.2, 0.25) is 0 Å². The Bertz CT molecular complexity index is 968. The first-order chi connectivity index (χ1) is 14.0. The van der Waals surface area contributed by atoms with E-state index in [1.165, 1.54) is 37.7 Å². The minimum Gasteiger partial charge on any atom is -0.450 e. The molecule has 1 aliphatic carbocycles. The average molecular weight is 434 g/mol. The number of nitrogens with one attached hydrogen (secondary N) is 1. The van der Waals surface area contributed by atoms with Gasteiger partial charge in [0.1, 0.15) is 16.5 Å². The van der Waals surface area contributed by atoms with Gasteiger partial charge in [-0.25, -0.2) is 14.8 Å². The van der Waals surface area contributed by atoms with Gasteiger partial charge >= 0.3 is 6.16 Å². The molecule has 0 saturated heterocycles. The van der Waals surface area contributed by atoms with Crippen molar-refractivity contribution in [2.24, 2.45) is 0 Å². The standard InChI is InChI=1S/C20H22ClN3S.CH2O3/c1-13-17(21)16-19(22-12-14-8-4-2-5-9-14)23-18(24-20(16)25-13)15-10-6-3-7-11-15;2-1(3)4/h2,4-5,8-9,15H,3,6-7,10-12H2,1H3,(H,22,23,24);(H2,2,3,4). The van der Waals surface area contributed by atoms with Crippen LogP contribution in [-0.4, -0.2) is 26.3 Å². The first-order valence-corrected chi connectivity index (χ1v) is 10.8. The second kappa shape index (κ2) is 9.89. The number of hydrogen-bond donors (Lipinski definition) is 3. The number of carbonyl (C=O) groups is 1. The summed E-state index contributed by atoms with van der Waals surface area (Å²) in [6.45, 7) is 2.79. The highest BCUT2D eigenvalue weighted by Gasteiger charge is 2.22. The zero-order valence-electron chi connectivity index (χ0n) is 16.2. The summed E-state index contributed by atoms with van der Waals surface area (Å²) < 4.78 is 0. The lowest BCUT2D eigenvalue weighted by molar-refractivity contribution is 0.137. The zero-order chi connectivity index (χ0) is 20.8. The molecule has 1 saturated carbocycles. The molecule has 0 unspecified atom stereocenters. The number of fused-ring (bicyclic) bond motifs is 1. The van der Waals surface area contributed by atoms with Gasteiger partial charge in [-0.15, -0.1) is 11.3 Å². The Labute approximate surface area is 178 Å². The van der Waals surface area contributed by atoms with Crippen molar-refractivity contribution in [3.8, 4) is 0 Å². The normalized spacial score (nSPS) is 14.3. The summed E-state index contributed by atoms with van der Waals surface area (Å²) in [5.41, 5.74) is 1.23. The number of rotatable bonds is 4. The van der Waals surface area contributed by atoms with E-state index in [2.05, 4.69) is 36.5 Å². The van der Waals surface area contributed by atoms with Crippen LogP contribution in [0.25, 0.3) is 10.2 Å². The molecule has 0 radical (unpaired) electrons. The third-order valence-corrected chi connectivity index (χ3v) is 6.53. The maximum Gasteiger partial charge on any atom is 0.503 e. The van der Waals surface area contributed by atoms with E-state index in [1.807, 2.05) is 6.07 Å². The summed E-state index contributed by atoms with van der Waals surface area (Å²) in [4.78, 5) is 20.5. The van der Waals surface area contributed by atoms with Crippen LogP contribution in [0, 0.1) is 6.92 Å². The minimum absolute atomic E-state index is 0.483. The van der Waals surface area contributed by atoms with Gasteiger partial charge in [0.25, 0.3) is 0 Å². The predicted molar refractivity (Wildman–Crippen MR) is 117 cm³/mol. The molecule has 2 heterocycles. The Balaban J connectivity index is 0.000000552. The van der Waals surface area contributed by atoms with Crippen LogP contribution >= 0.6 is 22.9 Å². The maximum atomic E-state index is 8.56. The predicted octanol–water partition coefficient (Wildman–Crippen LogP) is 6.54. The van der Waals surface area contributed by atoms with E-state index in [4.69, 9.17) is 36.6 Å². The van der Waals surface area contributed by atoms with Gasteiger partial charge in [-0.2, -0.15) is 0 Å². The quantitative estimate of drug-likeness (QED) is 0.432. The highest BCUT2D eigenvalue weighted by molar-refractivity contribution is 7.19. The van der Waals surface area contributed by atoms with E-state index in [0.717, 1.165) is 38.3 Å². The SMILES string of the molecule is Cc1sc2nc(C3CCCCC3)nc(NCc3ccccc3)c2c1Cl.O=C(O)O. The lowest BCUT2D eigenvalue weighted by atomic mass is 9.88. The topological polar surface area (TPSA) is 95.3 Å². The lowest BCUT2D eigenvalue weighted by Gasteiger charge is -2.21. The lowest BCUT2D eigenvalue weighted by Crippen LogP contribution is -2.11. The number of benzene rings is 1. The summed E-state index contributed by atoms with van der Waals surface area (Å²) in [6, 6.07) is 10.4. The van der Waals surface area contributed by atoms with Crippen molar-refractivity contribution < 1.29 is 15.0 Å². The monoisotopic (exact) mass is 433 g/mol. The van der Waals surface area contributed by atoms with Gasteiger partial charge in [0, 0.05) is 17.3 Å². The number of halogens is 1. The summed E-state index contributed by atoms with van der Waals surface area (Å²) in [5.74, 6) is 2.35. The molecule has 8 heteroatoms. The van der Waals surface area contributed by atoms with Gasteiger partial charge < -0.3 is 15.5 Å². The summed E-state index contributed by atoms with van der Waals surface area (Å²) in [5, 5.41) is 19.2. The molecule has 3 aromatic rings.